The summed E-state index contributed by atoms with van der Waals surface area (Å²) in [6, 6.07) is 2.03. The molecule has 0 spiro atoms. The number of pyridine rings is 1. The van der Waals surface area contributed by atoms with E-state index in [2.05, 4.69) is 10.1 Å². The fourth-order valence-electron chi connectivity index (χ4n) is 3.39. The minimum absolute atomic E-state index is 0.123. The molecule has 1 aromatic heterocycles. The van der Waals surface area contributed by atoms with E-state index in [4.69, 9.17) is 21.0 Å². The number of fused-ring (bicyclic) bond motifs is 1. The molecule has 21 heavy (non-hydrogen) atoms. The van der Waals surface area contributed by atoms with E-state index in [9.17, 15) is 0 Å². The van der Waals surface area contributed by atoms with Crippen LogP contribution in [0, 0.1) is 5.92 Å². The Hall–Kier alpha value is -1.82. The number of aliphatic hydroxyl groups is 1. The highest BCUT2D eigenvalue weighted by Crippen LogP contribution is 2.31. The first kappa shape index (κ1) is 14.1. The molecule has 1 atom stereocenters. The molecule has 1 fully saturated rings. The van der Waals surface area contributed by atoms with Crippen LogP contribution in [0.5, 0.6) is 0 Å². The third-order valence-corrected chi connectivity index (χ3v) is 4.54. The Balaban J connectivity index is 1.93. The second kappa shape index (κ2) is 5.89. The first-order valence-corrected chi connectivity index (χ1v) is 7.59. The number of hydrogen-bond acceptors (Lipinski definition) is 5. The van der Waals surface area contributed by atoms with Gasteiger partial charge in [-0.1, -0.05) is 5.16 Å². The Morgan fingerprint density at radius 1 is 1.48 bits per heavy atom. The van der Waals surface area contributed by atoms with Crippen molar-refractivity contribution in [2.75, 3.05) is 24.6 Å². The molecule has 1 saturated heterocycles. The van der Waals surface area contributed by atoms with Crippen molar-refractivity contribution in [2.24, 2.45) is 16.8 Å². The Morgan fingerprint density at radius 2 is 2.33 bits per heavy atom. The molecule has 114 valence electrons. The molecule has 6 heteroatoms. The lowest BCUT2D eigenvalue weighted by Crippen LogP contribution is -2.26. The smallest absolute Gasteiger partial charge is 0.173 e. The zero-order chi connectivity index (χ0) is 14.8. The lowest BCUT2D eigenvalue weighted by atomic mass is 10.1. The molecular weight excluding hydrogens is 268 g/mol. The van der Waals surface area contributed by atoms with Crippen molar-refractivity contribution in [3.05, 3.63) is 22.9 Å². The molecule has 0 aromatic carbocycles. The number of nitrogens with two attached hydrogens (primary N) is 1. The first-order chi connectivity index (χ1) is 10.2. The molecule has 1 aromatic rings. The van der Waals surface area contributed by atoms with Gasteiger partial charge in [-0.05, 0) is 49.7 Å². The van der Waals surface area contributed by atoms with Gasteiger partial charge in [0.15, 0.2) is 5.84 Å². The number of hydrogen-bond donors (Lipinski definition) is 3. The van der Waals surface area contributed by atoms with E-state index in [1.807, 2.05) is 6.07 Å². The highest BCUT2D eigenvalue weighted by atomic mass is 16.4. The Labute approximate surface area is 124 Å². The van der Waals surface area contributed by atoms with E-state index in [0.29, 0.717) is 5.92 Å². The maximum absolute atomic E-state index is 9.08. The standard InChI is InChI=1S/C15H22N4O2/c16-14(18-21)12-8-11-2-1-3-13(11)17-15(12)19-6-4-10(9-19)5-7-20/h8,10,20-21H,1-7,9H2,(H2,16,18). The fourth-order valence-corrected chi connectivity index (χ4v) is 3.39. The van der Waals surface area contributed by atoms with Crippen molar-refractivity contribution < 1.29 is 10.3 Å². The molecule has 4 N–H and O–H groups in total. The zero-order valence-electron chi connectivity index (χ0n) is 12.1. The SMILES string of the molecule is N/C(=N/O)c1cc2c(nc1N1CCC(CCO)C1)CCC2. The summed E-state index contributed by atoms with van der Waals surface area (Å²) >= 11 is 0. The van der Waals surface area contributed by atoms with Crippen LogP contribution >= 0.6 is 0 Å². The monoisotopic (exact) mass is 290 g/mol. The lowest BCUT2D eigenvalue weighted by molar-refractivity contribution is 0.263. The van der Waals surface area contributed by atoms with Crippen LogP contribution in [0.25, 0.3) is 0 Å². The Bertz CT molecular complexity index is 559. The zero-order valence-corrected chi connectivity index (χ0v) is 12.1. The van der Waals surface area contributed by atoms with Crippen LogP contribution in [0.4, 0.5) is 5.82 Å². The van der Waals surface area contributed by atoms with Gasteiger partial charge in [0.25, 0.3) is 0 Å². The third kappa shape index (κ3) is 2.68. The quantitative estimate of drug-likeness (QED) is 0.331. The summed E-state index contributed by atoms with van der Waals surface area (Å²) < 4.78 is 0. The summed E-state index contributed by atoms with van der Waals surface area (Å²) in [5, 5.41) is 21.3. The third-order valence-electron chi connectivity index (χ3n) is 4.54. The predicted molar refractivity (Wildman–Crippen MR) is 80.8 cm³/mol. The molecule has 0 amide bonds. The minimum atomic E-state index is 0.123. The minimum Gasteiger partial charge on any atom is -0.409 e. The summed E-state index contributed by atoms with van der Waals surface area (Å²) in [5.41, 5.74) is 8.93. The molecule has 1 unspecified atom stereocenters. The van der Waals surface area contributed by atoms with Crippen molar-refractivity contribution in [3.8, 4) is 0 Å². The van der Waals surface area contributed by atoms with Crippen molar-refractivity contribution in [3.63, 3.8) is 0 Å². The van der Waals surface area contributed by atoms with Crippen molar-refractivity contribution in [1.82, 2.24) is 4.98 Å². The van der Waals surface area contributed by atoms with Gasteiger partial charge < -0.3 is 20.9 Å². The average molecular weight is 290 g/mol. The van der Waals surface area contributed by atoms with E-state index in [1.54, 1.807) is 0 Å². The molecular formula is C15H22N4O2. The van der Waals surface area contributed by atoms with Crippen LogP contribution in [0.1, 0.15) is 36.1 Å². The topological polar surface area (TPSA) is 95.0 Å². The van der Waals surface area contributed by atoms with Gasteiger partial charge in [-0.2, -0.15) is 0 Å². The summed E-state index contributed by atoms with van der Waals surface area (Å²) in [4.78, 5) is 6.99. The number of amidine groups is 1. The van der Waals surface area contributed by atoms with Crippen LogP contribution in [0.15, 0.2) is 11.2 Å². The number of rotatable bonds is 4. The lowest BCUT2D eigenvalue weighted by Gasteiger charge is -2.21. The number of aryl methyl sites for hydroxylation is 2. The van der Waals surface area contributed by atoms with Gasteiger partial charge in [0.1, 0.15) is 5.82 Å². The van der Waals surface area contributed by atoms with E-state index >= 15 is 0 Å². The number of nitrogens with zero attached hydrogens (tertiary/aromatic N) is 3. The second-order valence-corrected chi connectivity index (χ2v) is 5.92. The molecule has 0 radical (unpaired) electrons. The summed E-state index contributed by atoms with van der Waals surface area (Å²) in [7, 11) is 0. The maximum Gasteiger partial charge on any atom is 0.173 e. The second-order valence-electron chi connectivity index (χ2n) is 5.92. The number of aliphatic hydroxyl groups excluding tert-OH is 1. The van der Waals surface area contributed by atoms with Crippen molar-refractivity contribution in [2.45, 2.75) is 32.1 Å². The van der Waals surface area contributed by atoms with Gasteiger partial charge >= 0.3 is 0 Å². The van der Waals surface area contributed by atoms with Gasteiger partial charge in [-0.15, -0.1) is 0 Å². The van der Waals surface area contributed by atoms with E-state index in [-0.39, 0.29) is 12.4 Å². The van der Waals surface area contributed by atoms with E-state index in [0.717, 1.165) is 62.3 Å². The van der Waals surface area contributed by atoms with Crippen LogP contribution in [-0.2, 0) is 12.8 Å². The van der Waals surface area contributed by atoms with Crippen LogP contribution < -0.4 is 10.6 Å². The van der Waals surface area contributed by atoms with Gasteiger partial charge in [-0.3, -0.25) is 0 Å². The molecule has 3 rings (SSSR count). The maximum atomic E-state index is 9.08. The first-order valence-electron chi connectivity index (χ1n) is 7.59. The summed E-state index contributed by atoms with van der Waals surface area (Å²) in [6.07, 6.45) is 5.01. The molecule has 6 nitrogen and oxygen atoms in total. The number of aromatic nitrogens is 1. The highest BCUT2D eigenvalue weighted by molar-refractivity contribution is 6.01. The summed E-state index contributed by atoms with van der Waals surface area (Å²) in [6.45, 7) is 2.00. The van der Waals surface area contributed by atoms with Gasteiger partial charge in [0.2, 0.25) is 0 Å². The number of oxime groups is 1. The normalized spacial score (nSPS) is 21.9. The van der Waals surface area contributed by atoms with E-state index in [1.165, 1.54) is 5.56 Å². The Kier molecular flexibility index (Phi) is 3.96. The number of anilines is 1. The van der Waals surface area contributed by atoms with Crippen molar-refractivity contribution in [1.29, 1.82) is 0 Å². The van der Waals surface area contributed by atoms with E-state index < -0.39 is 0 Å². The molecule has 1 aliphatic carbocycles. The molecule has 2 aliphatic rings. The largest absolute Gasteiger partial charge is 0.409 e. The fraction of sp³-hybridized carbons (Fsp3) is 0.600. The average Bonchev–Trinajstić information content (AvgIpc) is 3.13. The van der Waals surface area contributed by atoms with Crippen LogP contribution in [0.2, 0.25) is 0 Å². The van der Waals surface area contributed by atoms with Gasteiger partial charge in [0.05, 0.1) is 5.56 Å². The molecule has 1 aliphatic heterocycles. The molecule has 2 heterocycles. The van der Waals surface area contributed by atoms with Crippen LogP contribution in [0.3, 0.4) is 0 Å². The summed E-state index contributed by atoms with van der Waals surface area (Å²) in [5.74, 6) is 1.44. The molecule has 0 bridgehead atoms. The van der Waals surface area contributed by atoms with Gasteiger partial charge in [0, 0.05) is 25.4 Å². The molecule has 0 saturated carbocycles. The predicted octanol–water partition coefficient (Wildman–Crippen LogP) is 0.873. The van der Waals surface area contributed by atoms with Crippen molar-refractivity contribution >= 4 is 11.7 Å². The van der Waals surface area contributed by atoms with Crippen LogP contribution in [-0.4, -0.2) is 40.8 Å². The Morgan fingerprint density at radius 3 is 3.10 bits per heavy atom. The van der Waals surface area contributed by atoms with Gasteiger partial charge in [-0.25, -0.2) is 4.98 Å². The highest BCUT2D eigenvalue weighted by Gasteiger charge is 2.27.